The van der Waals surface area contributed by atoms with Gasteiger partial charge in [0.1, 0.15) is 0 Å². The van der Waals surface area contributed by atoms with Crippen LogP contribution >= 0.6 is 11.8 Å². The number of aliphatic hydroxyl groups is 1. The highest BCUT2D eigenvalue weighted by atomic mass is 32.2. The lowest BCUT2D eigenvalue weighted by molar-refractivity contribution is 0.0839. The maximum Gasteiger partial charge on any atom is 0.0958 e. The summed E-state index contributed by atoms with van der Waals surface area (Å²) >= 11 is 1.81. The molecule has 1 N–H and O–H groups in total. The molecule has 1 nitrogen and oxygen atoms in total. The molecule has 0 saturated heterocycles. The second kappa shape index (κ2) is 5.42. The summed E-state index contributed by atoms with van der Waals surface area (Å²) in [4.78, 5) is 0. The minimum Gasteiger partial charge on any atom is -0.385 e. The monoisotopic (exact) mass is 210 g/mol. The van der Waals surface area contributed by atoms with Crippen molar-refractivity contribution in [3.05, 3.63) is 35.9 Å². The second-order valence-electron chi connectivity index (χ2n) is 3.69. The molecular formula is C12H18OS. The van der Waals surface area contributed by atoms with Gasteiger partial charge < -0.3 is 5.11 Å². The summed E-state index contributed by atoms with van der Waals surface area (Å²) in [6.07, 6.45) is 1.16. The summed E-state index contributed by atoms with van der Waals surface area (Å²) in [5.41, 5.74) is 0.310. The lowest BCUT2D eigenvalue weighted by Gasteiger charge is -2.23. The number of thioether (sulfide) groups is 1. The van der Waals surface area contributed by atoms with Gasteiger partial charge in [0.05, 0.1) is 5.60 Å². The molecule has 0 aliphatic carbocycles. The second-order valence-corrected chi connectivity index (χ2v) is 4.80. The van der Waals surface area contributed by atoms with Crippen molar-refractivity contribution in [1.82, 2.24) is 0 Å². The van der Waals surface area contributed by atoms with Gasteiger partial charge in [-0.3, -0.25) is 0 Å². The average molecular weight is 210 g/mol. The van der Waals surface area contributed by atoms with E-state index in [2.05, 4.69) is 6.92 Å². The van der Waals surface area contributed by atoms with E-state index in [0.29, 0.717) is 0 Å². The van der Waals surface area contributed by atoms with Gasteiger partial charge in [0.2, 0.25) is 0 Å². The van der Waals surface area contributed by atoms with Crippen LogP contribution in [0.4, 0.5) is 0 Å². The first-order valence-corrected chi connectivity index (χ1v) is 6.18. The molecule has 0 heterocycles. The molecule has 1 aromatic rings. The predicted molar refractivity (Wildman–Crippen MR) is 63.6 cm³/mol. The molecule has 0 aliphatic rings. The molecule has 0 saturated carbocycles. The van der Waals surface area contributed by atoms with Crippen LogP contribution < -0.4 is 0 Å². The van der Waals surface area contributed by atoms with E-state index in [9.17, 15) is 5.11 Å². The molecule has 0 radical (unpaired) electrons. The Balaban J connectivity index is 2.56. The van der Waals surface area contributed by atoms with Crippen molar-refractivity contribution in [3.63, 3.8) is 0 Å². The SMILES string of the molecule is CCCSCC(C)(O)c1ccccc1. The molecule has 1 rings (SSSR count). The molecule has 0 spiro atoms. The Bertz CT molecular complexity index is 256. The first-order valence-electron chi connectivity index (χ1n) is 5.02. The lowest BCUT2D eigenvalue weighted by atomic mass is 9.99. The van der Waals surface area contributed by atoms with E-state index in [-0.39, 0.29) is 0 Å². The molecule has 0 amide bonds. The number of rotatable bonds is 5. The molecule has 1 atom stereocenters. The van der Waals surface area contributed by atoms with Crippen molar-refractivity contribution in [2.24, 2.45) is 0 Å². The third-order valence-corrected chi connectivity index (χ3v) is 3.59. The van der Waals surface area contributed by atoms with Crippen molar-refractivity contribution in [1.29, 1.82) is 0 Å². The highest BCUT2D eigenvalue weighted by molar-refractivity contribution is 7.99. The largest absolute Gasteiger partial charge is 0.385 e. The molecule has 0 fully saturated rings. The molecule has 2 heteroatoms. The van der Waals surface area contributed by atoms with Crippen LogP contribution in [0.2, 0.25) is 0 Å². The van der Waals surface area contributed by atoms with Gasteiger partial charge in [-0.15, -0.1) is 0 Å². The Labute approximate surface area is 90.5 Å². The van der Waals surface area contributed by atoms with Gasteiger partial charge in [-0.25, -0.2) is 0 Å². The van der Waals surface area contributed by atoms with E-state index >= 15 is 0 Å². The van der Waals surface area contributed by atoms with E-state index in [4.69, 9.17) is 0 Å². The molecule has 0 aliphatic heterocycles. The van der Waals surface area contributed by atoms with E-state index in [1.54, 1.807) is 11.8 Å². The average Bonchev–Trinajstić information content (AvgIpc) is 2.19. The number of hydrogen-bond donors (Lipinski definition) is 1. The fraction of sp³-hybridized carbons (Fsp3) is 0.500. The lowest BCUT2D eigenvalue weighted by Crippen LogP contribution is -2.24. The maximum absolute atomic E-state index is 10.2. The van der Waals surface area contributed by atoms with Gasteiger partial charge in [-0.2, -0.15) is 11.8 Å². The predicted octanol–water partition coefficient (Wildman–Crippen LogP) is 3.04. The summed E-state index contributed by atoms with van der Waals surface area (Å²) in [6, 6.07) is 9.86. The Hall–Kier alpha value is -0.470. The summed E-state index contributed by atoms with van der Waals surface area (Å²) < 4.78 is 0. The standard InChI is InChI=1S/C12H18OS/c1-3-9-14-10-12(2,13)11-7-5-4-6-8-11/h4-8,13H,3,9-10H2,1-2H3. The van der Waals surface area contributed by atoms with Crippen LogP contribution in [0.3, 0.4) is 0 Å². The normalized spacial score (nSPS) is 15.1. The fourth-order valence-electron chi connectivity index (χ4n) is 1.30. The minimum absolute atomic E-state index is 0.693. The summed E-state index contributed by atoms with van der Waals surface area (Å²) in [7, 11) is 0. The van der Waals surface area contributed by atoms with Crippen molar-refractivity contribution in [3.8, 4) is 0 Å². The van der Waals surface area contributed by atoms with E-state index in [0.717, 1.165) is 23.5 Å². The third kappa shape index (κ3) is 3.35. The van der Waals surface area contributed by atoms with Crippen molar-refractivity contribution in [2.75, 3.05) is 11.5 Å². The van der Waals surface area contributed by atoms with Crippen LogP contribution in [0.15, 0.2) is 30.3 Å². The van der Waals surface area contributed by atoms with Crippen molar-refractivity contribution >= 4 is 11.8 Å². The first kappa shape index (κ1) is 11.6. The maximum atomic E-state index is 10.2. The Morgan fingerprint density at radius 2 is 1.93 bits per heavy atom. The van der Waals surface area contributed by atoms with E-state index in [1.165, 1.54) is 0 Å². The van der Waals surface area contributed by atoms with Crippen LogP contribution in [0.1, 0.15) is 25.8 Å². The number of hydrogen-bond acceptors (Lipinski definition) is 2. The molecule has 78 valence electrons. The van der Waals surface area contributed by atoms with E-state index in [1.807, 2.05) is 37.3 Å². The van der Waals surface area contributed by atoms with Gasteiger partial charge in [0, 0.05) is 5.75 Å². The van der Waals surface area contributed by atoms with Gasteiger partial charge in [0.25, 0.3) is 0 Å². The first-order chi connectivity index (χ1) is 6.67. The smallest absolute Gasteiger partial charge is 0.0958 e. The summed E-state index contributed by atoms with van der Waals surface area (Å²) in [6.45, 7) is 4.04. The van der Waals surface area contributed by atoms with E-state index < -0.39 is 5.60 Å². The topological polar surface area (TPSA) is 20.2 Å². The van der Waals surface area contributed by atoms with Gasteiger partial charge >= 0.3 is 0 Å². The minimum atomic E-state index is -0.693. The molecule has 0 bridgehead atoms. The summed E-state index contributed by atoms with van der Waals surface area (Å²) in [5.74, 6) is 1.88. The molecule has 0 aromatic heterocycles. The van der Waals surface area contributed by atoms with Crippen molar-refractivity contribution < 1.29 is 5.11 Å². The zero-order chi connectivity index (χ0) is 10.4. The van der Waals surface area contributed by atoms with Crippen LogP contribution in [-0.2, 0) is 5.60 Å². The quantitative estimate of drug-likeness (QED) is 0.754. The van der Waals surface area contributed by atoms with Crippen LogP contribution in [0, 0.1) is 0 Å². The molecule has 14 heavy (non-hydrogen) atoms. The summed E-state index contributed by atoms with van der Waals surface area (Å²) in [5, 5.41) is 10.2. The highest BCUT2D eigenvalue weighted by Gasteiger charge is 2.21. The van der Waals surface area contributed by atoms with Crippen molar-refractivity contribution in [2.45, 2.75) is 25.9 Å². The number of benzene rings is 1. The molecular weight excluding hydrogens is 192 g/mol. The zero-order valence-corrected chi connectivity index (χ0v) is 9.68. The highest BCUT2D eigenvalue weighted by Crippen LogP contribution is 2.24. The van der Waals surface area contributed by atoms with Gasteiger partial charge in [0.15, 0.2) is 0 Å². The van der Waals surface area contributed by atoms with Crippen LogP contribution in [-0.4, -0.2) is 16.6 Å². The fourth-order valence-corrected chi connectivity index (χ4v) is 2.29. The van der Waals surface area contributed by atoms with Crippen LogP contribution in [0.5, 0.6) is 0 Å². The Kier molecular flexibility index (Phi) is 4.49. The molecule has 1 aromatic carbocycles. The Morgan fingerprint density at radius 3 is 2.50 bits per heavy atom. The van der Waals surface area contributed by atoms with Crippen LogP contribution in [0.25, 0.3) is 0 Å². The Morgan fingerprint density at radius 1 is 1.29 bits per heavy atom. The molecule has 1 unspecified atom stereocenters. The van der Waals surface area contributed by atoms with Gasteiger partial charge in [-0.05, 0) is 24.7 Å². The zero-order valence-electron chi connectivity index (χ0n) is 8.86. The third-order valence-electron chi connectivity index (χ3n) is 2.13. The van der Waals surface area contributed by atoms with Gasteiger partial charge in [-0.1, -0.05) is 37.3 Å².